The third-order valence-electron chi connectivity index (χ3n) is 12.6. The van der Waals surface area contributed by atoms with Crippen LogP contribution in [-0.2, 0) is 0 Å². The molecule has 1 heterocycles. The molecule has 3 heteroatoms. The Morgan fingerprint density at radius 3 is 1.54 bits per heavy atom. The molecule has 11 aromatic carbocycles. The number of para-hydroxylation sites is 4. The van der Waals surface area contributed by atoms with Crippen LogP contribution in [0, 0.1) is 0 Å². The summed E-state index contributed by atoms with van der Waals surface area (Å²) in [4.78, 5) is 4.81. The van der Waals surface area contributed by atoms with Gasteiger partial charge in [-0.2, -0.15) is 0 Å². The fourth-order valence-corrected chi connectivity index (χ4v) is 9.57. The van der Waals surface area contributed by atoms with Gasteiger partial charge < -0.3 is 14.2 Å². The summed E-state index contributed by atoms with van der Waals surface area (Å²) in [6.07, 6.45) is 0. The Kier molecular flexibility index (Phi) is 9.50. The number of rotatable bonds is 9. The van der Waals surface area contributed by atoms with Crippen LogP contribution in [0.3, 0.4) is 0 Å². The molecule has 0 atom stereocenters. The SMILES string of the molecule is c1ccc(-c2ccc(-c3ccccc3N(c3ccccc3)c3cc(-c4cc5ccccc5c5ccccc45)cc(N(c4ccccc4)c4ccc5oc6ccccc6c5c4)c3)cc2)cc1. The minimum Gasteiger partial charge on any atom is -0.456 e. The molecular weight excluding hydrogens is 789 g/mol. The number of anilines is 6. The molecule has 0 unspecified atom stereocenters. The Bertz CT molecular complexity index is 3650. The van der Waals surface area contributed by atoms with Gasteiger partial charge in [-0.05, 0) is 128 Å². The number of hydrogen-bond donors (Lipinski definition) is 0. The van der Waals surface area contributed by atoms with Crippen molar-refractivity contribution < 1.29 is 4.42 Å². The molecule has 0 spiro atoms. The molecule has 0 saturated heterocycles. The van der Waals surface area contributed by atoms with E-state index >= 15 is 0 Å². The van der Waals surface area contributed by atoms with E-state index in [1.165, 1.54) is 38.2 Å². The average Bonchev–Trinajstić information content (AvgIpc) is 3.75. The predicted octanol–water partition coefficient (Wildman–Crippen LogP) is 17.8. The lowest BCUT2D eigenvalue weighted by molar-refractivity contribution is 0.669. The number of fused-ring (bicyclic) bond motifs is 6. The lowest BCUT2D eigenvalue weighted by Crippen LogP contribution is -2.14. The summed E-state index contributed by atoms with van der Waals surface area (Å²) < 4.78 is 6.35. The van der Waals surface area contributed by atoms with Gasteiger partial charge in [0.25, 0.3) is 0 Å². The van der Waals surface area contributed by atoms with E-state index in [0.29, 0.717) is 0 Å². The highest BCUT2D eigenvalue weighted by Crippen LogP contribution is 2.47. The molecule has 0 aliphatic heterocycles. The van der Waals surface area contributed by atoms with Crippen molar-refractivity contribution in [2.45, 2.75) is 0 Å². The van der Waals surface area contributed by atoms with E-state index in [-0.39, 0.29) is 0 Å². The monoisotopic (exact) mass is 830 g/mol. The van der Waals surface area contributed by atoms with Crippen LogP contribution in [0.1, 0.15) is 0 Å². The van der Waals surface area contributed by atoms with Crippen LogP contribution in [0.5, 0.6) is 0 Å². The maximum atomic E-state index is 6.35. The van der Waals surface area contributed by atoms with Crippen molar-refractivity contribution in [3.05, 3.63) is 255 Å². The van der Waals surface area contributed by atoms with Crippen LogP contribution in [0.15, 0.2) is 259 Å². The molecule has 1 aromatic heterocycles. The minimum absolute atomic E-state index is 0.865. The molecule has 0 amide bonds. The summed E-state index contributed by atoms with van der Waals surface area (Å²) in [5.41, 5.74) is 15.0. The summed E-state index contributed by atoms with van der Waals surface area (Å²) in [5.74, 6) is 0. The summed E-state index contributed by atoms with van der Waals surface area (Å²) in [7, 11) is 0. The lowest BCUT2D eigenvalue weighted by Gasteiger charge is -2.31. The smallest absolute Gasteiger partial charge is 0.135 e. The fourth-order valence-electron chi connectivity index (χ4n) is 9.57. The third-order valence-corrected chi connectivity index (χ3v) is 12.6. The standard InChI is InChI=1S/C62H42N2O/c1-4-18-43(19-5-1)44-32-34-45(35-33-44)54-26-14-16-30-60(54)64(49-23-8-3-9-24-49)52-39-47(58-40-46-20-10-11-25-53(46)55-27-12-13-28-56(55)58)38-51(41-52)63(48-21-6-2-7-22-48)50-36-37-62-59(42-50)57-29-15-17-31-61(57)65-62/h1-42H. The van der Waals surface area contributed by atoms with Crippen LogP contribution in [0.2, 0.25) is 0 Å². The molecule has 65 heavy (non-hydrogen) atoms. The predicted molar refractivity (Wildman–Crippen MR) is 274 cm³/mol. The first-order valence-corrected chi connectivity index (χ1v) is 22.2. The van der Waals surface area contributed by atoms with Gasteiger partial charge in [0.15, 0.2) is 0 Å². The van der Waals surface area contributed by atoms with Gasteiger partial charge in [-0.15, -0.1) is 0 Å². The fraction of sp³-hybridized carbons (Fsp3) is 0. The van der Waals surface area contributed by atoms with E-state index in [4.69, 9.17) is 4.42 Å². The van der Waals surface area contributed by atoms with Crippen molar-refractivity contribution in [3.63, 3.8) is 0 Å². The highest BCUT2D eigenvalue weighted by Gasteiger charge is 2.23. The third kappa shape index (κ3) is 6.97. The highest BCUT2D eigenvalue weighted by atomic mass is 16.3. The van der Waals surface area contributed by atoms with Crippen molar-refractivity contribution in [3.8, 4) is 33.4 Å². The highest BCUT2D eigenvalue weighted by molar-refractivity contribution is 6.14. The number of benzene rings is 11. The largest absolute Gasteiger partial charge is 0.456 e. The molecule has 3 nitrogen and oxygen atoms in total. The number of furan rings is 1. The van der Waals surface area contributed by atoms with Gasteiger partial charge in [-0.3, -0.25) is 0 Å². The Hall–Kier alpha value is -8.66. The van der Waals surface area contributed by atoms with Crippen molar-refractivity contribution in [2.24, 2.45) is 0 Å². The van der Waals surface area contributed by atoms with Gasteiger partial charge in [-0.25, -0.2) is 0 Å². The second-order valence-electron chi connectivity index (χ2n) is 16.5. The van der Waals surface area contributed by atoms with Crippen molar-refractivity contribution in [2.75, 3.05) is 9.80 Å². The van der Waals surface area contributed by atoms with E-state index in [1.54, 1.807) is 0 Å². The Morgan fingerprint density at radius 2 is 0.785 bits per heavy atom. The molecule has 0 saturated carbocycles. The van der Waals surface area contributed by atoms with Gasteiger partial charge in [0.05, 0.1) is 5.69 Å². The van der Waals surface area contributed by atoms with Crippen LogP contribution >= 0.6 is 0 Å². The van der Waals surface area contributed by atoms with E-state index in [9.17, 15) is 0 Å². The molecule has 0 N–H and O–H groups in total. The van der Waals surface area contributed by atoms with E-state index in [1.807, 2.05) is 12.1 Å². The Balaban J connectivity index is 1.13. The van der Waals surface area contributed by atoms with Gasteiger partial charge in [-0.1, -0.05) is 176 Å². The minimum atomic E-state index is 0.865. The molecule has 12 aromatic rings. The van der Waals surface area contributed by atoms with Crippen LogP contribution in [0.25, 0.3) is 76.9 Å². The molecule has 12 rings (SSSR count). The summed E-state index contributed by atoms with van der Waals surface area (Å²) in [6.45, 7) is 0. The number of hydrogen-bond acceptors (Lipinski definition) is 3. The summed E-state index contributed by atoms with van der Waals surface area (Å²) >= 11 is 0. The molecule has 0 aliphatic carbocycles. The summed E-state index contributed by atoms with van der Waals surface area (Å²) in [6, 6.07) is 91.6. The van der Waals surface area contributed by atoms with Gasteiger partial charge >= 0.3 is 0 Å². The van der Waals surface area contributed by atoms with Crippen LogP contribution in [0.4, 0.5) is 34.1 Å². The first-order chi connectivity index (χ1) is 32.2. The summed E-state index contributed by atoms with van der Waals surface area (Å²) in [5, 5.41) is 7.06. The second-order valence-corrected chi connectivity index (χ2v) is 16.5. The Labute approximate surface area is 378 Å². The van der Waals surface area contributed by atoms with E-state index in [2.05, 4.69) is 252 Å². The molecule has 0 radical (unpaired) electrons. The molecule has 306 valence electrons. The zero-order chi connectivity index (χ0) is 43.1. The maximum absolute atomic E-state index is 6.35. The van der Waals surface area contributed by atoms with Crippen molar-refractivity contribution in [1.82, 2.24) is 0 Å². The van der Waals surface area contributed by atoms with E-state index < -0.39 is 0 Å². The van der Waals surface area contributed by atoms with Gasteiger partial charge in [0, 0.05) is 44.8 Å². The van der Waals surface area contributed by atoms with E-state index in [0.717, 1.165) is 72.8 Å². The first-order valence-electron chi connectivity index (χ1n) is 22.2. The zero-order valence-corrected chi connectivity index (χ0v) is 35.6. The quantitative estimate of drug-likeness (QED) is 0.135. The Morgan fingerprint density at radius 1 is 0.246 bits per heavy atom. The normalized spacial score (nSPS) is 11.4. The first kappa shape index (κ1) is 38.0. The average molecular weight is 831 g/mol. The van der Waals surface area contributed by atoms with Crippen LogP contribution < -0.4 is 9.80 Å². The van der Waals surface area contributed by atoms with Crippen LogP contribution in [-0.4, -0.2) is 0 Å². The lowest BCUT2D eigenvalue weighted by atomic mass is 9.92. The topological polar surface area (TPSA) is 19.6 Å². The molecule has 0 bridgehead atoms. The zero-order valence-electron chi connectivity index (χ0n) is 35.6. The van der Waals surface area contributed by atoms with Crippen molar-refractivity contribution in [1.29, 1.82) is 0 Å². The van der Waals surface area contributed by atoms with Gasteiger partial charge in [0.2, 0.25) is 0 Å². The van der Waals surface area contributed by atoms with Crippen molar-refractivity contribution >= 4 is 77.6 Å². The molecule has 0 aliphatic rings. The maximum Gasteiger partial charge on any atom is 0.135 e. The molecule has 0 fully saturated rings. The number of nitrogens with zero attached hydrogens (tertiary/aromatic N) is 2. The molecular formula is C62H42N2O. The second kappa shape index (κ2) is 16.2. The van der Waals surface area contributed by atoms with Gasteiger partial charge in [0.1, 0.15) is 11.2 Å².